The number of ketones is 1. The van der Waals surface area contributed by atoms with Crippen molar-refractivity contribution < 1.29 is 9.59 Å². The predicted molar refractivity (Wildman–Crippen MR) is 61.2 cm³/mol. The van der Waals surface area contributed by atoms with Crippen LogP contribution in [0.2, 0.25) is 0 Å². The number of aryl methyl sites for hydroxylation is 2. The highest BCUT2D eigenvalue weighted by Gasteiger charge is 2.17. The van der Waals surface area contributed by atoms with E-state index in [0.717, 1.165) is 9.88 Å². The van der Waals surface area contributed by atoms with Gasteiger partial charge in [-0.3, -0.25) is 9.59 Å². The van der Waals surface area contributed by atoms with Crippen LogP contribution in [0.1, 0.15) is 36.4 Å². The number of thiazole rings is 1. The fraction of sp³-hybridized carbons (Fsp3) is 0.182. The van der Waals surface area contributed by atoms with E-state index < -0.39 is 0 Å². The van der Waals surface area contributed by atoms with Crippen molar-refractivity contribution in [1.82, 2.24) is 9.97 Å². The summed E-state index contributed by atoms with van der Waals surface area (Å²) >= 11 is 1.49. The molecule has 0 saturated carbocycles. The van der Waals surface area contributed by atoms with E-state index in [0.29, 0.717) is 23.2 Å². The van der Waals surface area contributed by atoms with Gasteiger partial charge >= 0.3 is 0 Å². The molecule has 0 radical (unpaired) electrons. The zero-order valence-electron chi connectivity index (χ0n) is 8.90. The van der Waals surface area contributed by atoms with Gasteiger partial charge in [-0.15, -0.1) is 11.3 Å². The second-order valence-corrected chi connectivity index (χ2v) is 4.84. The molecule has 4 nitrogen and oxygen atoms in total. The normalized spacial score (nSPS) is 10.4. The van der Waals surface area contributed by atoms with Crippen molar-refractivity contribution in [2.75, 3.05) is 0 Å². The zero-order valence-corrected chi connectivity index (χ0v) is 9.72. The van der Waals surface area contributed by atoms with Gasteiger partial charge in [-0.2, -0.15) is 0 Å². The maximum Gasteiger partial charge on any atom is 0.214 e. The molecule has 2 heterocycles. The molecule has 1 N–H and O–H groups in total. The van der Waals surface area contributed by atoms with Gasteiger partial charge in [0.05, 0.1) is 10.7 Å². The standard InChI is InChI=1S/C11H10N2O2S/c1-6-10(13-7(2)16-6)11(15)8-3-9(5-14)12-4-8/h3-5,12H,1-2H3. The van der Waals surface area contributed by atoms with Crippen LogP contribution in [-0.4, -0.2) is 22.0 Å². The third-order valence-corrected chi connectivity index (χ3v) is 3.10. The third-order valence-electron chi connectivity index (χ3n) is 2.21. The molecule has 2 aromatic heterocycles. The maximum atomic E-state index is 12.0. The first-order chi connectivity index (χ1) is 7.61. The quantitative estimate of drug-likeness (QED) is 0.653. The van der Waals surface area contributed by atoms with Crippen LogP contribution in [0.3, 0.4) is 0 Å². The Kier molecular flexibility index (Phi) is 2.70. The lowest BCUT2D eigenvalue weighted by Crippen LogP contribution is -2.02. The highest BCUT2D eigenvalue weighted by atomic mass is 32.1. The van der Waals surface area contributed by atoms with Crippen LogP contribution in [0.5, 0.6) is 0 Å². The Bertz CT molecular complexity index is 554. The monoisotopic (exact) mass is 234 g/mol. The Morgan fingerprint density at radius 2 is 2.25 bits per heavy atom. The number of hydrogen-bond donors (Lipinski definition) is 1. The van der Waals surface area contributed by atoms with Crippen LogP contribution in [-0.2, 0) is 0 Å². The average Bonchev–Trinajstić information content (AvgIpc) is 2.84. The summed E-state index contributed by atoms with van der Waals surface area (Å²) in [5, 5.41) is 0.868. The van der Waals surface area contributed by atoms with Gasteiger partial charge in [0, 0.05) is 16.6 Å². The summed E-state index contributed by atoms with van der Waals surface area (Å²) in [6.45, 7) is 3.73. The number of H-pyrrole nitrogens is 1. The first-order valence-electron chi connectivity index (χ1n) is 4.74. The predicted octanol–water partition coefficient (Wildman–Crippen LogP) is 2.13. The minimum atomic E-state index is -0.147. The number of carbonyl (C=O) groups excluding carboxylic acids is 2. The summed E-state index contributed by atoms with van der Waals surface area (Å²) in [4.78, 5) is 30.3. The Morgan fingerprint density at radius 3 is 2.75 bits per heavy atom. The van der Waals surface area contributed by atoms with E-state index in [-0.39, 0.29) is 5.78 Å². The molecule has 0 spiro atoms. The molecule has 5 heteroatoms. The van der Waals surface area contributed by atoms with E-state index in [9.17, 15) is 9.59 Å². The molecule has 0 amide bonds. The molecule has 0 saturated heterocycles. The summed E-state index contributed by atoms with van der Waals surface area (Å²) < 4.78 is 0. The van der Waals surface area contributed by atoms with Crippen molar-refractivity contribution >= 4 is 23.4 Å². The number of aromatic amines is 1. The van der Waals surface area contributed by atoms with Crippen LogP contribution in [0.15, 0.2) is 12.3 Å². The molecule has 0 fully saturated rings. The lowest BCUT2D eigenvalue weighted by atomic mass is 10.1. The van der Waals surface area contributed by atoms with Crippen molar-refractivity contribution in [2.24, 2.45) is 0 Å². The van der Waals surface area contributed by atoms with Crippen LogP contribution < -0.4 is 0 Å². The van der Waals surface area contributed by atoms with Gasteiger partial charge in [-0.1, -0.05) is 0 Å². The van der Waals surface area contributed by atoms with E-state index in [1.165, 1.54) is 23.6 Å². The van der Waals surface area contributed by atoms with Gasteiger partial charge in [0.25, 0.3) is 0 Å². The third kappa shape index (κ3) is 1.81. The topological polar surface area (TPSA) is 62.8 Å². The fourth-order valence-electron chi connectivity index (χ4n) is 1.49. The van der Waals surface area contributed by atoms with Gasteiger partial charge in [-0.25, -0.2) is 4.98 Å². The average molecular weight is 234 g/mol. The van der Waals surface area contributed by atoms with Gasteiger partial charge in [-0.05, 0) is 19.9 Å². The van der Waals surface area contributed by atoms with Gasteiger partial charge in [0.15, 0.2) is 6.29 Å². The number of nitrogens with one attached hydrogen (secondary N) is 1. The molecule has 0 aliphatic carbocycles. The summed E-state index contributed by atoms with van der Waals surface area (Å²) in [5.74, 6) is -0.147. The summed E-state index contributed by atoms with van der Waals surface area (Å²) in [6.07, 6.45) is 2.20. The molecule has 0 aromatic carbocycles. The smallest absolute Gasteiger partial charge is 0.214 e. The Balaban J connectivity index is 2.38. The molecule has 0 bridgehead atoms. The van der Waals surface area contributed by atoms with Crippen molar-refractivity contribution in [3.8, 4) is 0 Å². The second kappa shape index (κ2) is 4.02. The van der Waals surface area contributed by atoms with Gasteiger partial charge in [0.1, 0.15) is 5.69 Å². The highest BCUT2D eigenvalue weighted by molar-refractivity contribution is 7.11. The van der Waals surface area contributed by atoms with Gasteiger partial charge in [0.2, 0.25) is 5.78 Å². The van der Waals surface area contributed by atoms with E-state index >= 15 is 0 Å². The van der Waals surface area contributed by atoms with E-state index in [1.54, 1.807) is 0 Å². The highest BCUT2D eigenvalue weighted by Crippen LogP contribution is 2.19. The van der Waals surface area contributed by atoms with Crippen LogP contribution >= 0.6 is 11.3 Å². The SMILES string of the molecule is Cc1nc(C(=O)c2c[nH]c(C=O)c2)c(C)s1. The number of rotatable bonds is 3. The molecule has 2 rings (SSSR count). The summed E-state index contributed by atoms with van der Waals surface area (Å²) in [6, 6.07) is 1.53. The molecular formula is C11H10N2O2S. The lowest BCUT2D eigenvalue weighted by Gasteiger charge is -1.93. The van der Waals surface area contributed by atoms with Crippen molar-refractivity contribution in [1.29, 1.82) is 0 Å². The molecule has 0 unspecified atom stereocenters. The Labute approximate surface area is 96.3 Å². The molecule has 0 aliphatic rings. The lowest BCUT2D eigenvalue weighted by molar-refractivity contribution is 0.103. The summed E-state index contributed by atoms with van der Waals surface area (Å²) in [7, 11) is 0. The Morgan fingerprint density at radius 1 is 1.50 bits per heavy atom. The second-order valence-electron chi connectivity index (χ2n) is 3.43. The van der Waals surface area contributed by atoms with Crippen molar-refractivity contribution in [2.45, 2.75) is 13.8 Å². The number of aldehydes is 1. The first-order valence-corrected chi connectivity index (χ1v) is 5.56. The number of hydrogen-bond acceptors (Lipinski definition) is 4. The van der Waals surface area contributed by atoms with Crippen molar-refractivity contribution in [3.05, 3.63) is 39.1 Å². The van der Waals surface area contributed by atoms with E-state index in [2.05, 4.69) is 9.97 Å². The molecule has 0 aliphatic heterocycles. The van der Waals surface area contributed by atoms with Crippen LogP contribution in [0.4, 0.5) is 0 Å². The van der Waals surface area contributed by atoms with E-state index in [1.807, 2.05) is 13.8 Å². The molecule has 82 valence electrons. The minimum absolute atomic E-state index is 0.147. The number of carbonyl (C=O) groups is 2. The number of nitrogens with zero attached hydrogens (tertiary/aromatic N) is 1. The Hall–Kier alpha value is -1.75. The molecule has 16 heavy (non-hydrogen) atoms. The number of aromatic nitrogens is 2. The molecular weight excluding hydrogens is 224 g/mol. The zero-order chi connectivity index (χ0) is 11.7. The maximum absolute atomic E-state index is 12.0. The molecule has 2 aromatic rings. The van der Waals surface area contributed by atoms with Crippen LogP contribution in [0.25, 0.3) is 0 Å². The first kappa shape index (κ1) is 10.8. The molecule has 0 atom stereocenters. The minimum Gasteiger partial charge on any atom is -0.358 e. The van der Waals surface area contributed by atoms with Gasteiger partial charge < -0.3 is 4.98 Å². The fourth-order valence-corrected chi connectivity index (χ4v) is 2.30. The summed E-state index contributed by atoms with van der Waals surface area (Å²) in [5.41, 5.74) is 1.34. The van der Waals surface area contributed by atoms with E-state index in [4.69, 9.17) is 0 Å². The van der Waals surface area contributed by atoms with Crippen LogP contribution in [0, 0.1) is 13.8 Å². The largest absolute Gasteiger partial charge is 0.358 e. The van der Waals surface area contributed by atoms with Crippen molar-refractivity contribution in [3.63, 3.8) is 0 Å².